The molecule has 0 atom stereocenters. The van der Waals surface area contributed by atoms with E-state index in [1.807, 2.05) is 0 Å². The summed E-state index contributed by atoms with van der Waals surface area (Å²) in [6, 6.07) is 4.60. The number of amides is 1. The van der Waals surface area contributed by atoms with Crippen LogP contribution in [0.4, 0.5) is 26.3 Å². The van der Waals surface area contributed by atoms with E-state index >= 15 is 0 Å². The highest BCUT2D eigenvalue weighted by Crippen LogP contribution is 2.34. The van der Waals surface area contributed by atoms with Gasteiger partial charge in [0, 0.05) is 30.3 Å². The zero-order valence-corrected chi connectivity index (χ0v) is 18.5. The summed E-state index contributed by atoms with van der Waals surface area (Å²) >= 11 is 0. The van der Waals surface area contributed by atoms with Crippen LogP contribution in [0.25, 0.3) is 16.9 Å². The monoisotopic (exact) mass is 506 g/mol. The first-order valence-corrected chi connectivity index (χ1v) is 10.6. The van der Waals surface area contributed by atoms with Crippen LogP contribution in [0.1, 0.15) is 27.2 Å². The van der Waals surface area contributed by atoms with Crippen molar-refractivity contribution in [1.29, 1.82) is 0 Å². The topological polar surface area (TPSA) is 68.8 Å². The molecule has 0 aliphatic carbocycles. The van der Waals surface area contributed by atoms with Crippen LogP contribution >= 0.6 is 0 Å². The van der Waals surface area contributed by atoms with E-state index in [1.54, 1.807) is 0 Å². The third-order valence-corrected chi connectivity index (χ3v) is 5.89. The van der Waals surface area contributed by atoms with Gasteiger partial charge < -0.3 is 4.90 Å². The van der Waals surface area contributed by atoms with Gasteiger partial charge in [-0.2, -0.15) is 33.3 Å². The van der Waals surface area contributed by atoms with Crippen LogP contribution in [0.3, 0.4) is 0 Å². The second-order valence-corrected chi connectivity index (χ2v) is 8.21. The Balaban J connectivity index is 1.48. The maximum absolute atomic E-state index is 13.8. The van der Waals surface area contributed by atoms with Crippen molar-refractivity contribution in [2.45, 2.75) is 19.1 Å². The minimum Gasteiger partial charge on any atom is -0.332 e. The third-order valence-electron chi connectivity index (χ3n) is 5.89. The van der Waals surface area contributed by atoms with E-state index < -0.39 is 35.1 Å². The lowest BCUT2D eigenvalue weighted by Gasteiger charge is -2.27. The van der Waals surface area contributed by atoms with Crippen molar-refractivity contribution in [3.63, 3.8) is 0 Å². The average Bonchev–Trinajstić information content (AvgIpc) is 3.48. The van der Waals surface area contributed by atoms with E-state index in [0.29, 0.717) is 17.0 Å². The molecule has 5 rings (SSSR count). The second kappa shape index (κ2) is 8.50. The van der Waals surface area contributed by atoms with Crippen LogP contribution < -0.4 is 0 Å². The molecule has 0 fully saturated rings. The maximum Gasteiger partial charge on any atom is 0.416 e. The number of alkyl halides is 3. The number of aryl methyl sites for hydroxylation is 1. The molecule has 36 heavy (non-hydrogen) atoms. The number of carbonyl (C=O) groups is 1. The molecule has 13 heteroatoms. The number of nitrogens with zero attached hydrogens (tertiary/aromatic N) is 6. The van der Waals surface area contributed by atoms with Gasteiger partial charge in [-0.15, -0.1) is 0 Å². The molecule has 0 saturated carbocycles. The summed E-state index contributed by atoms with van der Waals surface area (Å²) in [5, 5.41) is 12.0. The lowest BCUT2D eigenvalue weighted by Crippen LogP contribution is -2.36. The Bertz CT molecular complexity index is 1450. The molecule has 4 aromatic rings. The van der Waals surface area contributed by atoms with Crippen molar-refractivity contribution < 1.29 is 31.1 Å². The molecule has 3 heterocycles. The van der Waals surface area contributed by atoms with Crippen molar-refractivity contribution in [2.24, 2.45) is 7.05 Å². The summed E-state index contributed by atoms with van der Waals surface area (Å²) in [4.78, 5) is 15.5. The SMILES string of the molecule is Cn1nc2c(c1-c1cc(F)c(F)c(F)c1)CCN(C(=O)c1cc(-n3nccn3)cc(C(F)(F)F)c1)C2. The zero-order valence-electron chi connectivity index (χ0n) is 18.5. The smallest absolute Gasteiger partial charge is 0.332 e. The van der Waals surface area contributed by atoms with Gasteiger partial charge in [-0.1, -0.05) is 0 Å². The number of rotatable bonds is 3. The summed E-state index contributed by atoms with van der Waals surface area (Å²) in [6.07, 6.45) is -1.89. The molecule has 1 aliphatic heterocycles. The number of hydrogen-bond donors (Lipinski definition) is 0. The molecular weight excluding hydrogens is 490 g/mol. The lowest BCUT2D eigenvalue weighted by atomic mass is 9.98. The molecule has 0 unspecified atom stereocenters. The van der Waals surface area contributed by atoms with E-state index in [1.165, 1.54) is 35.1 Å². The van der Waals surface area contributed by atoms with E-state index in [4.69, 9.17) is 0 Å². The minimum atomic E-state index is -4.71. The quantitative estimate of drug-likeness (QED) is 0.307. The van der Waals surface area contributed by atoms with Crippen LogP contribution in [-0.2, 0) is 26.2 Å². The number of hydrogen-bond acceptors (Lipinski definition) is 4. The Morgan fingerprint density at radius 2 is 1.64 bits per heavy atom. The van der Waals surface area contributed by atoms with Crippen molar-refractivity contribution in [2.75, 3.05) is 6.54 Å². The van der Waals surface area contributed by atoms with Crippen molar-refractivity contribution >= 4 is 5.91 Å². The maximum atomic E-state index is 13.8. The van der Waals surface area contributed by atoms with E-state index in [0.717, 1.165) is 29.1 Å². The Morgan fingerprint density at radius 1 is 0.972 bits per heavy atom. The molecule has 0 radical (unpaired) electrons. The molecule has 1 aliphatic rings. The number of halogens is 6. The van der Waals surface area contributed by atoms with Crippen LogP contribution in [0.5, 0.6) is 0 Å². The average molecular weight is 506 g/mol. The fourth-order valence-electron chi connectivity index (χ4n) is 4.29. The number of carbonyl (C=O) groups excluding carboxylic acids is 1. The summed E-state index contributed by atoms with van der Waals surface area (Å²) in [5.74, 6) is -4.94. The highest BCUT2D eigenvalue weighted by Gasteiger charge is 2.34. The van der Waals surface area contributed by atoms with Crippen LogP contribution in [0.2, 0.25) is 0 Å². The standard InChI is InChI=1S/C23H16F6N6O/c1-33-21(12-8-17(24)20(26)18(25)9-12)16-2-5-34(11-19(16)32-33)22(36)13-6-14(23(27,28)29)10-15(7-13)35-30-3-4-31-35/h3-4,6-10H,2,5,11H2,1H3. The molecular formula is C23H16F6N6O. The van der Waals surface area contributed by atoms with Gasteiger partial charge in [0.2, 0.25) is 0 Å². The van der Waals surface area contributed by atoms with Gasteiger partial charge in [0.15, 0.2) is 17.5 Å². The van der Waals surface area contributed by atoms with Crippen LogP contribution in [0.15, 0.2) is 42.7 Å². The van der Waals surface area contributed by atoms with Gasteiger partial charge >= 0.3 is 6.18 Å². The molecule has 2 aromatic carbocycles. The molecule has 1 amide bonds. The van der Waals surface area contributed by atoms with Gasteiger partial charge in [-0.3, -0.25) is 9.48 Å². The summed E-state index contributed by atoms with van der Waals surface area (Å²) < 4.78 is 83.0. The Labute approximate surface area is 199 Å². The Kier molecular flexibility index (Phi) is 5.57. The molecule has 2 aromatic heterocycles. The van der Waals surface area contributed by atoms with E-state index in [9.17, 15) is 31.1 Å². The second-order valence-electron chi connectivity index (χ2n) is 8.21. The van der Waals surface area contributed by atoms with Crippen molar-refractivity contribution in [3.05, 3.63) is 82.6 Å². The summed E-state index contributed by atoms with van der Waals surface area (Å²) in [5.41, 5.74) is 0.197. The highest BCUT2D eigenvalue weighted by molar-refractivity contribution is 5.95. The highest BCUT2D eigenvalue weighted by atomic mass is 19.4. The normalized spacial score (nSPS) is 13.7. The van der Waals surface area contributed by atoms with Crippen LogP contribution in [-0.4, -0.2) is 42.1 Å². The van der Waals surface area contributed by atoms with Gasteiger partial charge in [-0.05, 0) is 36.8 Å². The predicted molar refractivity (Wildman–Crippen MR) is 113 cm³/mol. The molecule has 0 bridgehead atoms. The summed E-state index contributed by atoms with van der Waals surface area (Å²) in [7, 11) is 1.54. The zero-order chi connectivity index (χ0) is 25.8. The molecule has 7 nitrogen and oxygen atoms in total. The fraction of sp³-hybridized carbons (Fsp3) is 0.217. The van der Waals surface area contributed by atoms with Gasteiger partial charge in [0.1, 0.15) is 0 Å². The first-order chi connectivity index (χ1) is 17.0. The minimum absolute atomic E-state index is 0.0311. The lowest BCUT2D eigenvalue weighted by molar-refractivity contribution is -0.137. The summed E-state index contributed by atoms with van der Waals surface area (Å²) in [6.45, 7) is 0.0715. The molecule has 0 N–H and O–H groups in total. The molecule has 0 spiro atoms. The largest absolute Gasteiger partial charge is 0.416 e. The van der Waals surface area contributed by atoms with Crippen LogP contribution in [0, 0.1) is 17.5 Å². The van der Waals surface area contributed by atoms with E-state index in [2.05, 4.69) is 15.3 Å². The number of fused-ring (bicyclic) bond motifs is 1. The third kappa shape index (κ3) is 4.10. The Morgan fingerprint density at radius 3 is 2.28 bits per heavy atom. The van der Waals surface area contributed by atoms with Crippen molar-refractivity contribution in [3.8, 4) is 16.9 Å². The van der Waals surface area contributed by atoms with Gasteiger partial charge in [0.25, 0.3) is 5.91 Å². The Hall–Kier alpha value is -4.16. The molecule has 0 saturated heterocycles. The van der Waals surface area contributed by atoms with E-state index in [-0.39, 0.29) is 36.3 Å². The number of benzene rings is 2. The first-order valence-electron chi connectivity index (χ1n) is 10.6. The first kappa shape index (κ1) is 23.6. The molecule has 186 valence electrons. The predicted octanol–water partition coefficient (Wildman–Crippen LogP) is 4.30. The van der Waals surface area contributed by atoms with Crippen molar-refractivity contribution in [1.82, 2.24) is 29.7 Å². The van der Waals surface area contributed by atoms with Gasteiger partial charge in [-0.25, -0.2) is 13.2 Å². The van der Waals surface area contributed by atoms with Gasteiger partial charge in [0.05, 0.1) is 41.6 Å². The number of aromatic nitrogens is 5. The fourth-order valence-corrected chi connectivity index (χ4v) is 4.29.